The van der Waals surface area contributed by atoms with E-state index in [1.807, 2.05) is 26.0 Å². The summed E-state index contributed by atoms with van der Waals surface area (Å²) in [5.41, 5.74) is 2.67. The van der Waals surface area contributed by atoms with Crippen molar-refractivity contribution in [1.82, 2.24) is 40.5 Å². The van der Waals surface area contributed by atoms with Gasteiger partial charge in [0.25, 0.3) is 5.91 Å². The van der Waals surface area contributed by atoms with E-state index in [-0.39, 0.29) is 17.8 Å². The predicted octanol–water partition coefficient (Wildman–Crippen LogP) is 2.19. The van der Waals surface area contributed by atoms with Gasteiger partial charge < -0.3 is 5.32 Å². The Labute approximate surface area is 171 Å². The van der Waals surface area contributed by atoms with E-state index in [1.54, 1.807) is 30.6 Å². The Bertz CT molecular complexity index is 1150. The lowest BCUT2D eigenvalue weighted by molar-refractivity contribution is 0.0934. The van der Waals surface area contributed by atoms with Gasteiger partial charge >= 0.3 is 0 Å². The first-order valence-corrected chi connectivity index (χ1v) is 9.31. The van der Waals surface area contributed by atoms with Crippen LogP contribution < -0.4 is 5.32 Å². The number of aryl methyl sites for hydroxylation is 1. The van der Waals surface area contributed by atoms with Crippen molar-refractivity contribution in [1.29, 1.82) is 0 Å². The Morgan fingerprint density at radius 2 is 1.87 bits per heavy atom. The van der Waals surface area contributed by atoms with Crippen molar-refractivity contribution in [2.75, 3.05) is 0 Å². The van der Waals surface area contributed by atoms with Gasteiger partial charge in [-0.15, -0.1) is 10.2 Å². The zero-order chi connectivity index (χ0) is 21.1. The van der Waals surface area contributed by atoms with E-state index < -0.39 is 0 Å². The molecule has 0 bridgehead atoms. The molecule has 9 nitrogen and oxygen atoms in total. The molecule has 0 radical (unpaired) electrons. The van der Waals surface area contributed by atoms with Crippen molar-refractivity contribution in [3.8, 4) is 17.1 Å². The second-order valence-electron chi connectivity index (χ2n) is 6.89. The monoisotopic (exact) mass is 406 g/mol. The van der Waals surface area contributed by atoms with Crippen molar-refractivity contribution in [3.05, 3.63) is 71.8 Å². The van der Waals surface area contributed by atoms with E-state index in [2.05, 4.69) is 30.9 Å². The topological polar surface area (TPSA) is 103 Å². The molecule has 0 saturated heterocycles. The lowest BCUT2D eigenvalue weighted by Crippen LogP contribution is -2.36. The molecule has 10 heteroatoms. The van der Waals surface area contributed by atoms with Crippen LogP contribution in [0.1, 0.15) is 22.8 Å². The summed E-state index contributed by atoms with van der Waals surface area (Å²) in [5, 5.41) is 23.5. The quantitative estimate of drug-likeness (QED) is 0.526. The third-order valence-electron chi connectivity index (χ3n) is 4.40. The molecule has 0 saturated carbocycles. The van der Waals surface area contributed by atoms with Gasteiger partial charge in [-0.25, -0.2) is 4.39 Å². The summed E-state index contributed by atoms with van der Waals surface area (Å²) < 4.78 is 13.1. The van der Waals surface area contributed by atoms with Crippen LogP contribution in [0.3, 0.4) is 0 Å². The number of halogens is 1. The van der Waals surface area contributed by atoms with Gasteiger partial charge in [-0.2, -0.15) is 19.8 Å². The highest BCUT2D eigenvalue weighted by Gasteiger charge is 2.17. The largest absolute Gasteiger partial charge is 0.348 e. The molecule has 2 aromatic heterocycles. The minimum Gasteiger partial charge on any atom is -0.348 e. The fraction of sp³-hybridized carbons (Fsp3) is 0.200. The first-order valence-electron chi connectivity index (χ1n) is 9.31. The van der Waals surface area contributed by atoms with Gasteiger partial charge in [-0.1, -0.05) is 11.6 Å². The van der Waals surface area contributed by atoms with Crippen LogP contribution in [0.15, 0.2) is 54.9 Å². The van der Waals surface area contributed by atoms with Gasteiger partial charge in [-0.05, 0) is 55.5 Å². The number of benzene rings is 2. The van der Waals surface area contributed by atoms with E-state index in [0.717, 1.165) is 5.56 Å². The van der Waals surface area contributed by atoms with Gasteiger partial charge in [0.2, 0.25) is 5.82 Å². The Morgan fingerprint density at radius 1 is 1.13 bits per heavy atom. The van der Waals surface area contributed by atoms with E-state index in [4.69, 9.17) is 0 Å². The standard InChI is InChI=1S/C20H19FN8O/c1-13-3-8-18(29-22-9-10-23-29)17(11-13)20(30)24-14(2)12-28-26-19(25-27-28)15-4-6-16(21)7-5-15/h3-11,14H,12H2,1-2H3,(H,24,30)/t14-/m0/s1. The molecule has 0 aliphatic heterocycles. The number of nitrogens with zero attached hydrogens (tertiary/aromatic N) is 7. The number of hydrogen-bond acceptors (Lipinski definition) is 6. The van der Waals surface area contributed by atoms with Crippen LogP contribution in [-0.4, -0.2) is 47.2 Å². The average molecular weight is 406 g/mol. The lowest BCUT2D eigenvalue weighted by Gasteiger charge is -2.15. The molecule has 0 fully saturated rings. The van der Waals surface area contributed by atoms with Gasteiger partial charge in [-0.3, -0.25) is 4.79 Å². The third-order valence-corrected chi connectivity index (χ3v) is 4.40. The van der Waals surface area contributed by atoms with Crippen molar-refractivity contribution in [2.45, 2.75) is 26.4 Å². The molecule has 0 spiro atoms. The maximum Gasteiger partial charge on any atom is 0.253 e. The normalized spacial score (nSPS) is 12.0. The predicted molar refractivity (Wildman–Crippen MR) is 106 cm³/mol. The number of nitrogens with one attached hydrogen (secondary N) is 1. The molecule has 4 aromatic rings. The Balaban J connectivity index is 1.46. The van der Waals surface area contributed by atoms with Crippen molar-refractivity contribution in [3.63, 3.8) is 0 Å². The number of amides is 1. The zero-order valence-electron chi connectivity index (χ0n) is 16.4. The minimum atomic E-state index is -0.330. The molecule has 2 heterocycles. The summed E-state index contributed by atoms with van der Waals surface area (Å²) in [5.74, 6) is -0.195. The fourth-order valence-corrected chi connectivity index (χ4v) is 2.97. The molecule has 4 rings (SSSR count). The van der Waals surface area contributed by atoms with E-state index in [1.165, 1.54) is 21.7 Å². The molecule has 0 aliphatic carbocycles. The molecule has 2 aromatic carbocycles. The van der Waals surface area contributed by atoms with Gasteiger partial charge in [0.1, 0.15) is 5.82 Å². The second kappa shape index (κ2) is 8.19. The summed E-state index contributed by atoms with van der Waals surface area (Å²) in [7, 11) is 0. The van der Waals surface area contributed by atoms with Crippen molar-refractivity contribution < 1.29 is 9.18 Å². The van der Waals surface area contributed by atoms with Crippen LogP contribution in [0.4, 0.5) is 4.39 Å². The van der Waals surface area contributed by atoms with Crippen LogP contribution in [0, 0.1) is 12.7 Å². The lowest BCUT2D eigenvalue weighted by atomic mass is 10.1. The first kappa shape index (κ1) is 19.4. The highest BCUT2D eigenvalue weighted by Crippen LogP contribution is 2.16. The summed E-state index contributed by atoms with van der Waals surface area (Å²) in [6.07, 6.45) is 3.11. The van der Waals surface area contributed by atoms with Crippen LogP contribution in [0.5, 0.6) is 0 Å². The van der Waals surface area contributed by atoms with Crippen molar-refractivity contribution >= 4 is 5.91 Å². The molecule has 0 aliphatic rings. The molecule has 1 atom stereocenters. The fourth-order valence-electron chi connectivity index (χ4n) is 2.97. The molecule has 30 heavy (non-hydrogen) atoms. The third kappa shape index (κ3) is 4.22. The second-order valence-corrected chi connectivity index (χ2v) is 6.89. The maximum absolute atomic E-state index is 13.1. The number of tetrazole rings is 1. The average Bonchev–Trinajstić information content (AvgIpc) is 3.41. The Morgan fingerprint density at radius 3 is 2.60 bits per heavy atom. The van der Waals surface area contributed by atoms with Crippen LogP contribution in [0.25, 0.3) is 17.1 Å². The molecular formula is C20H19FN8O. The van der Waals surface area contributed by atoms with Gasteiger partial charge in [0, 0.05) is 11.6 Å². The van der Waals surface area contributed by atoms with E-state index in [9.17, 15) is 9.18 Å². The summed E-state index contributed by atoms with van der Waals surface area (Å²) in [6.45, 7) is 4.08. The Kier molecular flexibility index (Phi) is 5.29. The summed E-state index contributed by atoms with van der Waals surface area (Å²) in [6, 6.07) is 11.1. The number of aromatic nitrogens is 7. The minimum absolute atomic E-state index is 0.252. The Hall–Kier alpha value is -3.95. The number of carbonyl (C=O) groups is 1. The zero-order valence-corrected chi connectivity index (χ0v) is 16.4. The molecule has 1 N–H and O–H groups in total. The molecule has 152 valence electrons. The molecule has 0 unspecified atom stereocenters. The molecule has 1 amide bonds. The summed E-state index contributed by atoms with van der Waals surface area (Å²) >= 11 is 0. The summed E-state index contributed by atoms with van der Waals surface area (Å²) in [4.78, 5) is 15.7. The number of hydrogen-bond donors (Lipinski definition) is 1. The van der Waals surface area contributed by atoms with Gasteiger partial charge in [0.05, 0.1) is 30.2 Å². The maximum atomic E-state index is 13.1. The van der Waals surface area contributed by atoms with E-state index in [0.29, 0.717) is 29.2 Å². The highest BCUT2D eigenvalue weighted by atomic mass is 19.1. The van der Waals surface area contributed by atoms with E-state index >= 15 is 0 Å². The molecular weight excluding hydrogens is 387 g/mol. The van der Waals surface area contributed by atoms with Gasteiger partial charge in [0.15, 0.2) is 0 Å². The number of rotatable bonds is 6. The highest BCUT2D eigenvalue weighted by molar-refractivity contribution is 5.98. The smallest absolute Gasteiger partial charge is 0.253 e. The number of carbonyl (C=O) groups excluding carboxylic acids is 1. The SMILES string of the molecule is Cc1ccc(-n2nccn2)c(C(=O)N[C@@H](C)Cn2nnc(-c3ccc(F)cc3)n2)c1. The van der Waals surface area contributed by atoms with Crippen LogP contribution in [0.2, 0.25) is 0 Å². The van der Waals surface area contributed by atoms with Crippen molar-refractivity contribution in [2.24, 2.45) is 0 Å². The van der Waals surface area contributed by atoms with Crippen LogP contribution in [-0.2, 0) is 6.54 Å². The van der Waals surface area contributed by atoms with Crippen LogP contribution >= 0.6 is 0 Å². The first-order chi connectivity index (χ1) is 14.5.